The zero-order valence-corrected chi connectivity index (χ0v) is 12.8. The summed E-state index contributed by atoms with van der Waals surface area (Å²) >= 11 is 0. The van der Waals surface area contributed by atoms with Crippen molar-refractivity contribution < 1.29 is 9.53 Å². The highest BCUT2D eigenvalue weighted by molar-refractivity contribution is 5.88. The van der Waals surface area contributed by atoms with Crippen molar-refractivity contribution in [3.63, 3.8) is 0 Å². The van der Waals surface area contributed by atoms with Gasteiger partial charge in [0, 0.05) is 6.54 Å². The molecule has 0 saturated carbocycles. The molecule has 6 nitrogen and oxygen atoms in total. The van der Waals surface area contributed by atoms with Crippen molar-refractivity contribution in [3.05, 3.63) is 11.4 Å². The molecule has 112 valence electrons. The first-order valence-corrected chi connectivity index (χ1v) is 7.17. The summed E-state index contributed by atoms with van der Waals surface area (Å²) in [6, 6.07) is 0.152. The molecule has 1 aliphatic rings. The van der Waals surface area contributed by atoms with Gasteiger partial charge in [0.25, 0.3) is 0 Å². The summed E-state index contributed by atoms with van der Waals surface area (Å²) in [5, 5.41) is 11.6. The Morgan fingerprint density at radius 3 is 2.80 bits per heavy atom. The van der Waals surface area contributed by atoms with Crippen molar-refractivity contribution in [3.8, 4) is 0 Å². The number of hydrogen-bond donors (Lipinski definition) is 1. The monoisotopic (exact) mass is 280 g/mol. The van der Waals surface area contributed by atoms with E-state index in [1.807, 2.05) is 4.68 Å². The first-order valence-electron chi connectivity index (χ1n) is 7.17. The van der Waals surface area contributed by atoms with E-state index in [4.69, 9.17) is 4.74 Å². The van der Waals surface area contributed by atoms with E-state index in [0.29, 0.717) is 5.69 Å². The van der Waals surface area contributed by atoms with Gasteiger partial charge in [0.05, 0.1) is 18.8 Å². The van der Waals surface area contributed by atoms with Crippen LogP contribution in [0.3, 0.4) is 0 Å². The minimum atomic E-state index is -0.407. The molecule has 2 heterocycles. The zero-order chi connectivity index (χ0) is 14.8. The Balaban J connectivity index is 2.26. The van der Waals surface area contributed by atoms with Crippen molar-refractivity contribution in [1.29, 1.82) is 0 Å². The fourth-order valence-corrected chi connectivity index (χ4v) is 2.43. The van der Waals surface area contributed by atoms with Gasteiger partial charge in [0.1, 0.15) is 0 Å². The fourth-order valence-electron chi connectivity index (χ4n) is 2.43. The fraction of sp³-hybridized carbons (Fsp3) is 0.786. The van der Waals surface area contributed by atoms with Crippen LogP contribution in [-0.4, -0.2) is 34.6 Å². The molecule has 0 aliphatic carbocycles. The van der Waals surface area contributed by atoms with Gasteiger partial charge in [-0.25, -0.2) is 9.48 Å². The molecule has 1 saturated heterocycles. The van der Waals surface area contributed by atoms with Gasteiger partial charge < -0.3 is 10.1 Å². The molecule has 1 fully saturated rings. The quantitative estimate of drug-likeness (QED) is 0.853. The Kier molecular flexibility index (Phi) is 4.42. The summed E-state index contributed by atoms with van der Waals surface area (Å²) in [5.41, 5.74) is 1.44. The zero-order valence-electron chi connectivity index (χ0n) is 12.8. The molecule has 0 amide bonds. The Labute approximate surface area is 119 Å². The average Bonchev–Trinajstić information content (AvgIpc) is 3.02. The number of carbonyl (C=O) groups is 1. The Morgan fingerprint density at radius 1 is 1.50 bits per heavy atom. The number of rotatable bonds is 4. The summed E-state index contributed by atoms with van der Waals surface area (Å²) in [5.74, 6) is -0.407. The lowest BCUT2D eigenvalue weighted by atomic mass is 9.92. The smallest absolute Gasteiger partial charge is 0.360 e. The normalized spacial score (nSPS) is 19.3. The van der Waals surface area contributed by atoms with E-state index in [-0.39, 0.29) is 11.5 Å². The summed E-state index contributed by atoms with van der Waals surface area (Å²) in [6.45, 7) is 8.31. The maximum Gasteiger partial charge on any atom is 0.360 e. The second-order valence-corrected chi connectivity index (χ2v) is 6.50. The number of carbonyl (C=O) groups excluding carboxylic acids is 1. The SMILES string of the molecule is COC(=O)c1nnn(CCC(C)(C)C)c1C1CCCN1. The maximum absolute atomic E-state index is 11.8. The third-order valence-corrected chi connectivity index (χ3v) is 3.62. The molecule has 20 heavy (non-hydrogen) atoms. The van der Waals surface area contributed by atoms with Crippen LogP contribution in [0.1, 0.15) is 62.3 Å². The predicted molar refractivity (Wildman–Crippen MR) is 75.4 cm³/mol. The topological polar surface area (TPSA) is 69.0 Å². The molecule has 1 unspecified atom stereocenters. The summed E-state index contributed by atoms with van der Waals surface area (Å²) < 4.78 is 6.67. The number of methoxy groups -OCH3 is 1. The number of aryl methyl sites for hydroxylation is 1. The molecule has 0 radical (unpaired) electrons. The number of esters is 1. The molecule has 0 bridgehead atoms. The van der Waals surface area contributed by atoms with Crippen LogP contribution < -0.4 is 5.32 Å². The molecule has 6 heteroatoms. The molecule has 1 atom stereocenters. The molecular formula is C14H24N4O2. The lowest BCUT2D eigenvalue weighted by molar-refractivity contribution is 0.0591. The Bertz CT molecular complexity index is 470. The van der Waals surface area contributed by atoms with E-state index >= 15 is 0 Å². The largest absolute Gasteiger partial charge is 0.464 e. The van der Waals surface area contributed by atoms with Crippen LogP contribution in [0.2, 0.25) is 0 Å². The maximum atomic E-state index is 11.8. The highest BCUT2D eigenvalue weighted by Gasteiger charge is 2.29. The van der Waals surface area contributed by atoms with Gasteiger partial charge in [-0.15, -0.1) is 5.10 Å². The number of aromatic nitrogens is 3. The number of nitrogens with zero attached hydrogens (tertiary/aromatic N) is 3. The first-order chi connectivity index (χ1) is 9.42. The number of ether oxygens (including phenoxy) is 1. The molecule has 1 aliphatic heterocycles. The first kappa shape index (κ1) is 15.0. The van der Waals surface area contributed by atoms with Gasteiger partial charge in [-0.2, -0.15) is 0 Å². The number of nitrogens with one attached hydrogen (secondary N) is 1. The van der Waals surface area contributed by atoms with E-state index < -0.39 is 5.97 Å². The third kappa shape index (κ3) is 3.36. The van der Waals surface area contributed by atoms with Crippen LogP contribution in [0.25, 0.3) is 0 Å². The second-order valence-electron chi connectivity index (χ2n) is 6.50. The highest BCUT2D eigenvalue weighted by atomic mass is 16.5. The van der Waals surface area contributed by atoms with Gasteiger partial charge in [-0.1, -0.05) is 26.0 Å². The lowest BCUT2D eigenvalue weighted by Crippen LogP contribution is -2.22. The van der Waals surface area contributed by atoms with Crippen molar-refractivity contribution in [2.24, 2.45) is 5.41 Å². The molecule has 2 rings (SSSR count). The van der Waals surface area contributed by atoms with Crippen molar-refractivity contribution >= 4 is 5.97 Å². The van der Waals surface area contributed by atoms with Gasteiger partial charge in [-0.3, -0.25) is 0 Å². The second kappa shape index (κ2) is 5.91. The molecule has 0 aromatic carbocycles. The Hall–Kier alpha value is -1.43. The highest BCUT2D eigenvalue weighted by Crippen LogP contribution is 2.27. The molecule has 0 spiro atoms. The van der Waals surface area contributed by atoms with E-state index in [2.05, 4.69) is 36.4 Å². The third-order valence-electron chi connectivity index (χ3n) is 3.62. The predicted octanol–water partition coefficient (Wildman–Crippen LogP) is 1.93. The van der Waals surface area contributed by atoms with Crippen LogP contribution in [-0.2, 0) is 11.3 Å². The van der Waals surface area contributed by atoms with Crippen LogP contribution in [0.15, 0.2) is 0 Å². The van der Waals surface area contributed by atoms with Gasteiger partial charge in [-0.05, 0) is 31.2 Å². The van der Waals surface area contributed by atoms with Crippen LogP contribution in [0, 0.1) is 5.41 Å². The van der Waals surface area contributed by atoms with Crippen LogP contribution in [0.4, 0.5) is 0 Å². The molecule has 1 N–H and O–H groups in total. The number of hydrogen-bond acceptors (Lipinski definition) is 5. The van der Waals surface area contributed by atoms with Crippen molar-refractivity contribution in [2.75, 3.05) is 13.7 Å². The summed E-state index contributed by atoms with van der Waals surface area (Å²) in [6.07, 6.45) is 3.10. The lowest BCUT2D eigenvalue weighted by Gasteiger charge is -2.20. The van der Waals surface area contributed by atoms with Gasteiger partial charge >= 0.3 is 5.97 Å². The standard InChI is InChI=1S/C14H24N4O2/c1-14(2,3)7-9-18-12(10-6-5-8-15-10)11(16-17-18)13(19)20-4/h10,15H,5-9H2,1-4H3. The van der Waals surface area contributed by atoms with Crippen molar-refractivity contribution in [2.45, 2.75) is 52.6 Å². The minimum absolute atomic E-state index is 0.152. The average molecular weight is 280 g/mol. The Morgan fingerprint density at radius 2 is 2.25 bits per heavy atom. The molecular weight excluding hydrogens is 256 g/mol. The van der Waals surface area contributed by atoms with Crippen LogP contribution in [0.5, 0.6) is 0 Å². The van der Waals surface area contributed by atoms with Gasteiger partial charge in [0.15, 0.2) is 5.69 Å². The van der Waals surface area contributed by atoms with E-state index in [0.717, 1.165) is 38.0 Å². The van der Waals surface area contributed by atoms with E-state index in [1.54, 1.807) is 0 Å². The van der Waals surface area contributed by atoms with E-state index in [1.165, 1.54) is 7.11 Å². The summed E-state index contributed by atoms with van der Waals surface area (Å²) in [7, 11) is 1.38. The van der Waals surface area contributed by atoms with Crippen molar-refractivity contribution in [1.82, 2.24) is 20.3 Å². The van der Waals surface area contributed by atoms with Crippen LogP contribution >= 0.6 is 0 Å². The minimum Gasteiger partial charge on any atom is -0.464 e. The summed E-state index contributed by atoms with van der Waals surface area (Å²) in [4.78, 5) is 11.8. The van der Waals surface area contributed by atoms with E-state index in [9.17, 15) is 4.79 Å². The molecule has 1 aromatic heterocycles. The molecule has 1 aromatic rings. The van der Waals surface area contributed by atoms with Gasteiger partial charge in [0.2, 0.25) is 0 Å².